The maximum Gasteiger partial charge on any atom is 0.126 e. The van der Waals surface area contributed by atoms with Crippen molar-refractivity contribution in [3.8, 4) is 0 Å². The zero-order valence-electron chi connectivity index (χ0n) is 10.8. The fourth-order valence-electron chi connectivity index (χ4n) is 2.38. The van der Waals surface area contributed by atoms with Crippen molar-refractivity contribution in [1.82, 2.24) is 15.3 Å². The number of hydrogen-bond donors (Lipinski definition) is 2. The number of rotatable bonds is 4. The second kappa shape index (κ2) is 5.80. The molecule has 0 amide bonds. The number of hydrogen-bond acceptors (Lipinski definition) is 4. The molecule has 1 saturated heterocycles. The highest BCUT2D eigenvalue weighted by Gasteiger charge is 2.17. The molecular weight excluding hydrogens is 236 g/mol. The Balaban J connectivity index is 1.66. The monoisotopic (exact) mass is 254 g/mol. The van der Waals surface area contributed by atoms with Crippen molar-refractivity contribution in [2.75, 3.05) is 11.9 Å². The van der Waals surface area contributed by atoms with Crippen LogP contribution in [-0.4, -0.2) is 16.5 Å². The van der Waals surface area contributed by atoms with Gasteiger partial charge in [0.15, 0.2) is 0 Å². The molecule has 0 radical (unpaired) electrons. The van der Waals surface area contributed by atoms with Gasteiger partial charge in [-0.2, -0.15) is 0 Å². The van der Waals surface area contributed by atoms with Crippen LogP contribution in [-0.2, 0) is 6.54 Å². The van der Waals surface area contributed by atoms with E-state index < -0.39 is 0 Å². The van der Waals surface area contributed by atoms with Gasteiger partial charge in [-0.05, 0) is 43.1 Å². The average Bonchev–Trinajstić information content (AvgIpc) is 3.01. The second-order valence-electron chi connectivity index (χ2n) is 4.81. The summed E-state index contributed by atoms with van der Waals surface area (Å²) in [4.78, 5) is 8.78. The minimum atomic E-state index is 0.417. The lowest BCUT2D eigenvalue weighted by Crippen LogP contribution is -2.14. The molecule has 2 N–H and O–H groups in total. The SMILES string of the molecule is c1cncc(CNc2cccc([C@@H]3CCCN3)n2)c1. The zero-order valence-corrected chi connectivity index (χ0v) is 10.8. The molecule has 19 heavy (non-hydrogen) atoms. The summed E-state index contributed by atoms with van der Waals surface area (Å²) in [6.07, 6.45) is 6.07. The normalized spacial score (nSPS) is 18.4. The molecule has 0 spiro atoms. The molecule has 0 unspecified atom stereocenters. The largest absolute Gasteiger partial charge is 0.366 e. The van der Waals surface area contributed by atoms with Crippen molar-refractivity contribution >= 4 is 5.82 Å². The van der Waals surface area contributed by atoms with Crippen LogP contribution in [0, 0.1) is 0 Å². The summed E-state index contributed by atoms with van der Waals surface area (Å²) < 4.78 is 0. The Labute approximate surface area is 113 Å². The van der Waals surface area contributed by atoms with Crippen molar-refractivity contribution in [1.29, 1.82) is 0 Å². The lowest BCUT2D eigenvalue weighted by Gasteiger charge is -2.12. The molecular formula is C15H18N4. The first-order valence-corrected chi connectivity index (χ1v) is 6.75. The molecule has 2 aromatic rings. The van der Waals surface area contributed by atoms with Crippen LogP contribution in [0.5, 0.6) is 0 Å². The highest BCUT2D eigenvalue weighted by atomic mass is 15.0. The van der Waals surface area contributed by atoms with Crippen LogP contribution >= 0.6 is 0 Å². The molecule has 4 heteroatoms. The molecule has 4 nitrogen and oxygen atoms in total. The Hall–Kier alpha value is -1.94. The average molecular weight is 254 g/mol. The van der Waals surface area contributed by atoms with Gasteiger partial charge in [0.1, 0.15) is 5.82 Å². The van der Waals surface area contributed by atoms with Gasteiger partial charge in [-0.1, -0.05) is 12.1 Å². The van der Waals surface area contributed by atoms with E-state index in [2.05, 4.69) is 38.8 Å². The highest BCUT2D eigenvalue weighted by Crippen LogP contribution is 2.22. The van der Waals surface area contributed by atoms with Crippen LogP contribution in [0.3, 0.4) is 0 Å². The Morgan fingerprint density at radius 2 is 2.26 bits per heavy atom. The minimum Gasteiger partial charge on any atom is -0.366 e. The van der Waals surface area contributed by atoms with Gasteiger partial charge in [-0.3, -0.25) is 4.98 Å². The summed E-state index contributed by atoms with van der Waals surface area (Å²) >= 11 is 0. The number of pyridine rings is 2. The maximum absolute atomic E-state index is 4.68. The summed E-state index contributed by atoms with van der Waals surface area (Å²) in [5.74, 6) is 0.926. The van der Waals surface area contributed by atoms with E-state index in [1.165, 1.54) is 12.8 Å². The molecule has 0 bridgehead atoms. The molecule has 98 valence electrons. The molecule has 1 aliphatic rings. The summed E-state index contributed by atoms with van der Waals surface area (Å²) in [5, 5.41) is 6.82. The van der Waals surface area contributed by atoms with Crippen molar-refractivity contribution in [2.45, 2.75) is 25.4 Å². The lowest BCUT2D eigenvalue weighted by molar-refractivity contribution is 0.628. The van der Waals surface area contributed by atoms with Gasteiger partial charge >= 0.3 is 0 Å². The van der Waals surface area contributed by atoms with E-state index in [0.717, 1.165) is 30.2 Å². The van der Waals surface area contributed by atoms with E-state index in [4.69, 9.17) is 0 Å². The molecule has 2 aromatic heterocycles. The molecule has 0 aromatic carbocycles. The molecule has 3 heterocycles. The van der Waals surface area contributed by atoms with Gasteiger partial charge in [0.25, 0.3) is 0 Å². The predicted molar refractivity (Wildman–Crippen MR) is 75.8 cm³/mol. The zero-order chi connectivity index (χ0) is 12.9. The van der Waals surface area contributed by atoms with Crippen molar-refractivity contribution in [2.24, 2.45) is 0 Å². The molecule has 1 aliphatic heterocycles. The Bertz CT molecular complexity index is 521. The van der Waals surface area contributed by atoms with Gasteiger partial charge < -0.3 is 10.6 Å². The fraction of sp³-hybridized carbons (Fsp3) is 0.333. The number of nitrogens with zero attached hydrogens (tertiary/aromatic N) is 2. The predicted octanol–water partition coefficient (Wildman–Crippen LogP) is 2.51. The summed E-state index contributed by atoms with van der Waals surface area (Å²) in [7, 11) is 0. The first-order valence-electron chi connectivity index (χ1n) is 6.75. The third-order valence-corrected chi connectivity index (χ3v) is 3.38. The van der Waals surface area contributed by atoms with Crippen LogP contribution in [0.2, 0.25) is 0 Å². The third kappa shape index (κ3) is 3.09. The molecule has 3 rings (SSSR count). The van der Waals surface area contributed by atoms with E-state index in [0.29, 0.717) is 6.04 Å². The molecule has 1 atom stereocenters. The Morgan fingerprint density at radius 1 is 1.26 bits per heavy atom. The minimum absolute atomic E-state index is 0.417. The van der Waals surface area contributed by atoms with Gasteiger partial charge in [-0.15, -0.1) is 0 Å². The van der Waals surface area contributed by atoms with Gasteiger partial charge in [-0.25, -0.2) is 4.98 Å². The third-order valence-electron chi connectivity index (χ3n) is 3.38. The molecule has 1 fully saturated rings. The van der Waals surface area contributed by atoms with Crippen LogP contribution in [0.25, 0.3) is 0 Å². The topological polar surface area (TPSA) is 49.8 Å². The van der Waals surface area contributed by atoms with Gasteiger partial charge in [0.2, 0.25) is 0 Å². The van der Waals surface area contributed by atoms with E-state index in [1.807, 2.05) is 18.3 Å². The second-order valence-corrected chi connectivity index (χ2v) is 4.81. The van der Waals surface area contributed by atoms with Crippen molar-refractivity contribution < 1.29 is 0 Å². The summed E-state index contributed by atoms with van der Waals surface area (Å²) in [5.41, 5.74) is 2.29. The van der Waals surface area contributed by atoms with E-state index in [9.17, 15) is 0 Å². The van der Waals surface area contributed by atoms with Crippen molar-refractivity contribution in [3.63, 3.8) is 0 Å². The van der Waals surface area contributed by atoms with E-state index in [-0.39, 0.29) is 0 Å². The lowest BCUT2D eigenvalue weighted by atomic mass is 10.1. The number of aromatic nitrogens is 2. The smallest absolute Gasteiger partial charge is 0.126 e. The van der Waals surface area contributed by atoms with Crippen LogP contribution in [0.4, 0.5) is 5.82 Å². The van der Waals surface area contributed by atoms with Crippen LogP contribution in [0.15, 0.2) is 42.7 Å². The quantitative estimate of drug-likeness (QED) is 0.880. The first kappa shape index (κ1) is 12.1. The van der Waals surface area contributed by atoms with Crippen molar-refractivity contribution in [3.05, 3.63) is 54.0 Å². The fourth-order valence-corrected chi connectivity index (χ4v) is 2.38. The number of nitrogens with one attached hydrogen (secondary N) is 2. The van der Waals surface area contributed by atoms with Gasteiger partial charge in [0, 0.05) is 25.0 Å². The number of anilines is 1. The van der Waals surface area contributed by atoms with E-state index in [1.54, 1.807) is 6.20 Å². The molecule has 0 saturated carbocycles. The summed E-state index contributed by atoms with van der Waals surface area (Å²) in [6.45, 7) is 1.85. The Morgan fingerprint density at radius 3 is 3.05 bits per heavy atom. The van der Waals surface area contributed by atoms with Crippen LogP contribution in [0.1, 0.15) is 30.1 Å². The highest BCUT2D eigenvalue weighted by molar-refractivity contribution is 5.37. The van der Waals surface area contributed by atoms with Crippen LogP contribution < -0.4 is 10.6 Å². The summed E-state index contributed by atoms with van der Waals surface area (Å²) in [6, 6.07) is 10.6. The van der Waals surface area contributed by atoms with E-state index >= 15 is 0 Å². The first-order chi connectivity index (χ1) is 9.42. The maximum atomic E-state index is 4.68. The molecule has 0 aliphatic carbocycles. The van der Waals surface area contributed by atoms with Gasteiger partial charge in [0.05, 0.1) is 5.69 Å². The Kier molecular flexibility index (Phi) is 3.70. The standard InChI is InChI=1S/C15H18N4/c1-5-14(13-6-3-9-17-13)19-15(7-1)18-11-12-4-2-8-16-10-12/h1-2,4-5,7-8,10,13,17H,3,6,9,11H2,(H,18,19)/t13-/m0/s1.